The zero-order chi connectivity index (χ0) is 29.8. The molecule has 3 aromatic heterocycles. The van der Waals surface area contributed by atoms with Crippen LogP contribution in [0.15, 0.2) is 55.5 Å². The zero-order valence-electron chi connectivity index (χ0n) is 23.6. The second-order valence-electron chi connectivity index (χ2n) is 10.0. The summed E-state index contributed by atoms with van der Waals surface area (Å²) in [5.41, 5.74) is 7.87. The fourth-order valence-electron chi connectivity index (χ4n) is 4.51. The van der Waals surface area contributed by atoms with Crippen molar-refractivity contribution >= 4 is 45.4 Å². The fraction of sp³-hybridized carbons (Fsp3) is 0.276. The maximum atomic E-state index is 15.5. The Morgan fingerprint density at radius 3 is 2.67 bits per heavy atom. The number of halogens is 1. The van der Waals surface area contributed by atoms with Crippen LogP contribution in [-0.2, 0) is 11.8 Å². The summed E-state index contributed by atoms with van der Waals surface area (Å²) in [6, 6.07) is 8.80. The number of aromatic nitrogens is 7. The number of nitrogens with two attached hydrogens (primary N) is 1. The molecule has 0 radical (unpaired) electrons. The van der Waals surface area contributed by atoms with Crippen LogP contribution in [0.4, 0.5) is 21.8 Å². The van der Waals surface area contributed by atoms with Crippen LogP contribution in [0.5, 0.6) is 11.5 Å². The lowest BCUT2D eigenvalue weighted by Gasteiger charge is -2.30. The molecular weight excluding hydrogens is 539 g/mol. The maximum Gasteiger partial charge on any atom is 0.240 e. The minimum atomic E-state index is -0.481. The first-order valence-corrected chi connectivity index (χ1v) is 13.4. The molecule has 5 aromatic rings. The lowest BCUT2D eigenvalue weighted by Crippen LogP contribution is -2.34. The Morgan fingerprint density at radius 1 is 1.17 bits per heavy atom. The second kappa shape index (κ2) is 12.1. The van der Waals surface area contributed by atoms with E-state index >= 15 is 4.39 Å². The van der Waals surface area contributed by atoms with E-state index in [0.29, 0.717) is 51.3 Å². The first-order valence-electron chi connectivity index (χ1n) is 13.4. The number of piperidine rings is 1. The van der Waals surface area contributed by atoms with Gasteiger partial charge in [0.15, 0.2) is 11.6 Å². The molecule has 6 rings (SSSR count). The maximum absolute atomic E-state index is 15.5. The Hall–Kier alpha value is -5.20. The molecule has 0 unspecified atom stereocenters. The Morgan fingerprint density at radius 2 is 1.93 bits per heavy atom. The monoisotopic (exact) mass is 570 g/mol. The van der Waals surface area contributed by atoms with Gasteiger partial charge in [0.2, 0.25) is 11.9 Å². The predicted molar refractivity (Wildman–Crippen MR) is 158 cm³/mol. The van der Waals surface area contributed by atoms with Gasteiger partial charge in [0.25, 0.3) is 0 Å². The Labute approximate surface area is 241 Å². The van der Waals surface area contributed by atoms with Gasteiger partial charge < -0.3 is 20.7 Å². The topological polar surface area (TPSA) is 150 Å². The smallest absolute Gasteiger partial charge is 0.240 e. The van der Waals surface area contributed by atoms with Gasteiger partial charge in [0, 0.05) is 31.8 Å². The highest BCUT2D eigenvalue weighted by Crippen LogP contribution is 2.33. The third-order valence-corrected chi connectivity index (χ3v) is 7.03. The van der Waals surface area contributed by atoms with Crippen LogP contribution in [0, 0.1) is 18.7 Å². The molecule has 1 amide bonds. The molecule has 2 aromatic carbocycles. The summed E-state index contributed by atoms with van der Waals surface area (Å²) in [5, 5.41) is 11.2. The molecule has 0 atom stereocenters. The van der Waals surface area contributed by atoms with Gasteiger partial charge in [0.05, 0.1) is 17.4 Å². The lowest BCUT2D eigenvalue weighted by atomic mass is 10.00. The molecule has 0 spiro atoms. The quantitative estimate of drug-likeness (QED) is 0.278. The van der Waals surface area contributed by atoms with E-state index in [2.05, 4.69) is 54.7 Å². The minimum Gasteiger partial charge on any atom is -0.457 e. The van der Waals surface area contributed by atoms with Crippen LogP contribution in [-0.4, -0.2) is 53.9 Å². The molecule has 0 bridgehead atoms. The summed E-state index contributed by atoms with van der Waals surface area (Å²) in [4.78, 5) is 29.5. The van der Waals surface area contributed by atoms with E-state index in [1.54, 1.807) is 36.0 Å². The van der Waals surface area contributed by atoms with Gasteiger partial charge in [-0.3, -0.25) is 4.79 Å². The van der Waals surface area contributed by atoms with Crippen LogP contribution in [0.25, 0.3) is 22.1 Å². The Bertz CT molecular complexity index is 1770. The van der Waals surface area contributed by atoms with Gasteiger partial charge >= 0.3 is 0 Å². The number of amides is 1. The molecule has 12 nitrogen and oxygen atoms in total. The number of anilines is 3. The molecule has 42 heavy (non-hydrogen) atoms. The van der Waals surface area contributed by atoms with Gasteiger partial charge in [-0.25, -0.2) is 29.0 Å². The van der Waals surface area contributed by atoms with E-state index in [1.165, 1.54) is 6.33 Å². The number of ether oxygens (including phenoxy) is 1. The molecule has 3 N–H and O–H groups in total. The van der Waals surface area contributed by atoms with E-state index < -0.39 is 11.7 Å². The summed E-state index contributed by atoms with van der Waals surface area (Å²) >= 11 is 0. The molecule has 13 heteroatoms. The second-order valence-corrected chi connectivity index (χ2v) is 10.0. The molecule has 4 heterocycles. The van der Waals surface area contributed by atoms with Crippen molar-refractivity contribution in [2.75, 3.05) is 23.3 Å². The third kappa shape index (κ3) is 6.09. The number of fused-ring (bicyclic) bond motifs is 2. The van der Waals surface area contributed by atoms with Gasteiger partial charge in [-0.15, -0.1) is 5.10 Å². The number of benzene rings is 2. The summed E-state index contributed by atoms with van der Waals surface area (Å²) < 4.78 is 23.1. The van der Waals surface area contributed by atoms with Gasteiger partial charge in [-0.1, -0.05) is 18.7 Å². The zero-order valence-corrected chi connectivity index (χ0v) is 23.6. The summed E-state index contributed by atoms with van der Waals surface area (Å²) in [5.74, 6) is 1.79. The van der Waals surface area contributed by atoms with E-state index in [-0.39, 0.29) is 5.69 Å². The van der Waals surface area contributed by atoms with E-state index in [4.69, 9.17) is 9.72 Å². The average molecular weight is 571 g/mol. The molecule has 1 saturated heterocycles. The van der Waals surface area contributed by atoms with Crippen molar-refractivity contribution in [1.82, 2.24) is 34.9 Å². The first kappa shape index (κ1) is 28.3. The summed E-state index contributed by atoms with van der Waals surface area (Å²) in [6.07, 6.45) is 6.36. The number of hydrogen-bond acceptors (Lipinski definition) is 10. The highest BCUT2D eigenvalue weighted by Gasteiger charge is 2.20. The van der Waals surface area contributed by atoms with E-state index in [0.717, 1.165) is 37.5 Å². The van der Waals surface area contributed by atoms with Gasteiger partial charge in [-0.05, 0) is 56.0 Å². The molecule has 1 fully saturated rings. The summed E-state index contributed by atoms with van der Waals surface area (Å²) in [6.45, 7) is 8.83. The fourth-order valence-corrected chi connectivity index (χ4v) is 4.51. The Balaban J connectivity index is 0.000000652. The van der Waals surface area contributed by atoms with Crippen LogP contribution in [0.1, 0.15) is 25.3 Å². The normalized spacial score (nSPS) is 13.5. The van der Waals surface area contributed by atoms with Crippen molar-refractivity contribution in [2.24, 2.45) is 18.7 Å². The molecular formula is C29H31FN10O2. The van der Waals surface area contributed by atoms with Crippen molar-refractivity contribution in [3.8, 4) is 11.5 Å². The largest absolute Gasteiger partial charge is 0.457 e. The predicted octanol–water partition coefficient (Wildman–Crippen LogP) is 4.58. The van der Waals surface area contributed by atoms with Crippen LogP contribution in [0.3, 0.4) is 0 Å². The first-order chi connectivity index (χ1) is 20.2. The lowest BCUT2D eigenvalue weighted by molar-refractivity contribution is -0.113. The number of nitrogens with zero attached hydrogens (tertiary/aromatic N) is 8. The van der Waals surface area contributed by atoms with E-state index in [1.807, 2.05) is 19.2 Å². The Kier molecular flexibility index (Phi) is 8.18. The third-order valence-electron chi connectivity index (χ3n) is 7.03. The number of rotatable bonds is 6. The van der Waals surface area contributed by atoms with Crippen molar-refractivity contribution in [2.45, 2.75) is 26.7 Å². The van der Waals surface area contributed by atoms with Crippen molar-refractivity contribution in [3.63, 3.8) is 0 Å². The standard InChI is InChI=1S/C26H26FN9O.C3H5NO/c1-15-8-10-36(11-9-15)26-28-13-20-24(32-26)25(30-14-29-20)31-18-5-7-22(16(2)23(18)27)37-17-4-6-21-19(12-17)33-34-35(21)3;1-2-3(4)5/h4-7,12-15H,8-11H2,1-3H3,(H,29,30,31);2H,1H2,(H2,4,5). The van der Waals surface area contributed by atoms with Crippen molar-refractivity contribution in [1.29, 1.82) is 0 Å². The molecule has 0 saturated carbocycles. The van der Waals surface area contributed by atoms with Crippen LogP contribution >= 0.6 is 0 Å². The van der Waals surface area contributed by atoms with Gasteiger partial charge in [0.1, 0.15) is 34.4 Å². The van der Waals surface area contributed by atoms with Crippen molar-refractivity contribution in [3.05, 3.63) is 66.9 Å². The van der Waals surface area contributed by atoms with E-state index in [9.17, 15) is 4.79 Å². The minimum absolute atomic E-state index is 0.265. The van der Waals surface area contributed by atoms with Crippen molar-refractivity contribution < 1.29 is 13.9 Å². The number of carbonyl (C=O) groups is 1. The SMILES string of the molecule is C=CC(N)=O.Cc1c(Oc2ccc3c(c2)nnn3C)ccc(Nc2ncnc3cnc(N4CCC(C)CC4)nc23)c1F. The number of hydrogen-bond donors (Lipinski definition) is 2. The molecule has 1 aliphatic heterocycles. The van der Waals surface area contributed by atoms with Crippen LogP contribution < -0.4 is 20.7 Å². The number of carbonyl (C=O) groups excluding carboxylic acids is 1. The highest BCUT2D eigenvalue weighted by atomic mass is 19.1. The van der Waals surface area contributed by atoms with Crippen LogP contribution in [0.2, 0.25) is 0 Å². The van der Waals surface area contributed by atoms with Gasteiger partial charge in [-0.2, -0.15) is 0 Å². The summed E-state index contributed by atoms with van der Waals surface area (Å²) in [7, 11) is 1.82. The molecule has 216 valence electrons. The molecule has 1 aliphatic rings. The number of nitrogens with one attached hydrogen (secondary N) is 1. The number of aryl methyl sites for hydroxylation is 1. The molecule has 0 aliphatic carbocycles. The highest BCUT2D eigenvalue weighted by molar-refractivity contribution is 5.87. The average Bonchev–Trinajstić information content (AvgIpc) is 3.37. The number of primary amides is 1.